The Labute approximate surface area is 148 Å². The fourth-order valence-electron chi connectivity index (χ4n) is 3.18. The molecule has 0 aliphatic heterocycles. The molecule has 1 aliphatic rings. The molecule has 1 aromatic heterocycles. The van der Waals surface area contributed by atoms with Gasteiger partial charge in [-0.1, -0.05) is 49.0 Å². The standard InChI is InChI=1S/C17H17Cl2N3O2/c1-10(11-5-3-2-4-6-11)16-13(18)7-12(8-14(16)19)22-17(24)21-15(23)9-20-22/h7-9,11H,1-6H2,(H,21,23,24). The van der Waals surface area contributed by atoms with Gasteiger partial charge in [0.2, 0.25) is 0 Å². The van der Waals surface area contributed by atoms with Gasteiger partial charge in [-0.3, -0.25) is 9.78 Å². The van der Waals surface area contributed by atoms with Gasteiger partial charge < -0.3 is 0 Å². The lowest BCUT2D eigenvalue weighted by Gasteiger charge is -2.25. The van der Waals surface area contributed by atoms with E-state index in [9.17, 15) is 9.59 Å². The van der Waals surface area contributed by atoms with Crippen LogP contribution in [-0.2, 0) is 0 Å². The number of benzene rings is 1. The minimum atomic E-state index is -0.645. The van der Waals surface area contributed by atoms with E-state index in [2.05, 4.69) is 16.7 Å². The van der Waals surface area contributed by atoms with Crippen molar-refractivity contribution in [2.45, 2.75) is 32.1 Å². The summed E-state index contributed by atoms with van der Waals surface area (Å²) in [6.45, 7) is 4.20. The Morgan fingerprint density at radius 3 is 2.38 bits per heavy atom. The molecule has 3 rings (SSSR count). The quantitative estimate of drug-likeness (QED) is 0.898. The highest BCUT2D eigenvalue weighted by Gasteiger charge is 2.22. The summed E-state index contributed by atoms with van der Waals surface area (Å²) in [7, 11) is 0. The van der Waals surface area contributed by atoms with Crippen LogP contribution in [0.5, 0.6) is 0 Å². The van der Waals surface area contributed by atoms with E-state index in [1.165, 1.54) is 19.3 Å². The van der Waals surface area contributed by atoms with Crippen LogP contribution in [0.3, 0.4) is 0 Å². The average Bonchev–Trinajstić information content (AvgIpc) is 2.54. The fraction of sp³-hybridized carbons (Fsp3) is 0.353. The molecule has 0 saturated heterocycles. The van der Waals surface area contributed by atoms with E-state index in [1.807, 2.05) is 0 Å². The normalized spacial score (nSPS) is 15.4. The number of H-pyrrole nitrogens is 1. The van der Waals surface area contributed by atoms with Gasteiger partial charge in [0.15, 0.2) is 0 Å². The zero-order valence-corrected chi connectivity index (χ0v) is 14.5. The zero-order valence-electron chi connectivity index (χ0n) is 13.0. The van der Waals surface area contributed by atoms with Crippen molar-refractivity contribution in [2.75, 3.05) is 0 Å². The van der Waals surface area contributed by atoms with Gasteiger partial charge in [0, 0.05) is 5.56 Å². The Hall–Kier alpha value is -1.85. The lowest BCUT2D eigenvalue weighted by Crippen LogP contribution is -2.30. The molecule has 0 unspecified atom stereocenters. The van der Waals surface area contributed by atoms with Crippen LogP contribution in [0.4, 0.5) is 0 Å². The average molecular weight is 366 g/mol. The van der Waals surface area contributed by atoms with Crippen molar-refractivity contribution in [1.29, 1.82) is 0 Å². The predicted molar refractivity (Wildman–Crippen MR) is 96.1 cm³/mol. The Morgan fingerprint density at radius 1 is 1.17 bits per heavy atom. The van der Waals surface area contributed by atoms with E-state index >= 15 is 0 Å². The highest BCUT2D eigenvalue weighted by atomic mass is 35.5. The van der Waals surface area contributed by atoms with Crippen LogP contribution in [0, 0.1) is 5.92 Å². The lowest BCUT2D eigenvalue weighted by molar-refractivity contribution is 0.430. The van der Waals surface area contributed by atoms with Crippen LogP contribution in [0.15, 0.2) is 34.5 Å². The first-order valence-electron chi connectivity index (χ1n) is 7.84. The van der Waals surface area contributed by atoms with Gasteiger partial charge in [0.25, 0.3) is 5.56 Å². The molecular formula is C17H17Cl2N3O2. The molecule has 5 nitrogen and oxygen atoms in total. The van der Waals surface area contributed by atoms with E-state index in [4.69, 9.17) is 23.2 Å². The second-order valence-electron chi connectivity index (χ2n) is 6.00. The van der Waals surface area contributed by atoms with Gasteiger partial charge in [-0.2, -0.15) is 9.78 Å². The molecule has 126 valence electrons. The van der Waals surface area contributed by atoms with E-state index in [0.717, 1.165) is 34.9 Å². The second-order valence-corrected chi connectivity index (χ2v) is 6.81. The molecule has 1 aromatic carbocycles. The number of halogens is 2. The van der Waals surface area contributed by atoms with Crippen LogP contribution >= 0.6 is 23.2 Å². The Balaban J connectivity index is 2.01. The first-order valence-corrected chi connectivity index (χ1v) is 8.60. The smallest absolute Gasteiger partial charge is 0.271 e. The monoisotopic (exact) mass is 365 g/mol. The number of allylic oxidation sites excluding steroid dienone is 1. The molecule has 0 atom stereocenters. The molecule has 1 aliphatic carbocycles. The van der Waals surface area contributed by atoms with Crippen LogP contribution < -0.4 is 11.2 Å². The van der Waals surface area contributed by atoms with Gasteiger partial charge in [-0.25, -0.2) is 4.79 Å². The molecule has 0 radical (unpaired) electrons. The molecular weight excluding hydrogens is 349 g/mol. The minimum absolute atomic E-state index is 0.383. The fourth-order valence-corrected chi connectivity index (χ4v) is 3.90. The maximum Gasteiger partial charge on any atom is 0.349 e. The molecule has 2 aromatic rings. The van der Waals surface area contributed by atoms with E-state index in [-0.39, 0.29) is 0 Å². The summed E-state index contributed by atoms with van der Waals surface area (Å²) in [6.07, 6.45) is 6.84. The number of aromatic amines is 1. The van der Waals surface area contributed by atoms with Gasteiger partial charge >= 0.3 is 5.69 Å². The molecule has 0 amide bonds. The third-order valence-corrected chi connectivity index (χ3v) is 5.00. The number of hydrogen-bond acceptors (Lipinski definition) is 3. The van der Waals surface area contributed by atoms with Crippen molar-refractivity contribution in [1.82, 2.24) is 14.8 Å². The zero-order chi connectivity index (χ0) is 17.3. The summed E-state index contributed by atoms with van der Waals surface area (Å²) < 4.78 is 1.05. The Bertz CT molecular complexity index is 872. The molecule has 0 spiro atoms. The second kappa shape index (κ2) is 6.95. The van der Waals surface area contributed by atoms with Crippen molar-refractivity contribution >= 4 is 28.8 Å². The number of hydrogen-bond donors (Lipinski definition) is 1. The molecule has 7 heteroatoms. The number of nitrogens with zero attached hydrogens (tertiary/aromatic N) is 2. The molecule has 1 fully saturated rings. The van der Waals surface area contributed by atoms with E-state index in [0.29, 0.717) is 21.7 Å². The summed E-state index contributed by atoms with van der Waals surface area (Å²) in [6, 6.07) is 3.23. The third-order valence-electron chi connectivity index (χ3n) is 4.40. The van der Waals surface area contributed by atoms with E-state index < -0.39 is 11.2 Å². The van der Waals surface area contributed by atoms with Crippen molar-refractivity contribution in [3.63, 3.8) is 0 Å². The van der Waals surface area contributed by atoms with Crippen molar-refractivity contribution < 1.29 is 0 Å². The highest BCUT2D eigenvalue weighted by molar-refractivity contribution is 6.37. The van der Waals surface area contributed by atoms with E-state index in [1.54, 1.807) is 12.1 Å². The largest absolute Gasteiger partial charge is 0.349 e. The molecule has 1 N–H and O–H groups in total. The Morgan fingerprint density at radius 2 is 1.79 bits per heavy atom. The number of aromatic nitrogens is 3. The van der Waals surface area contributed by atoms with Crippen LogP contribution in [0.25, 0.3) is 11.3 Å². The third kappa shape index (κ3) is 3.32. The van der Waals surface area contributed by atoms with Crippen molar-refractivity contribution in [2.24, 2.45) is 5.92 Å². The Kier molecular flexibility index (Phi) is 4.92. The molecule has 1 heterocycles. The van der Waals surface area contributed by atoms with Crippen molar-refractivity contribution in [3.05, 3.63) is 61.4 Å². The van der Waals surface area contributed by atoms with Crippen LogP contribution in [0.1, 0.15) is 37.7 Å². The molecule has 1 saturated carbocycles. The first kappa shape index (κ1) is 17.0. The summed E-state index contributed by atoms with van der Waals surface area (Å²) in [5.74, 6) is 0.383. The predicted octanol–water partition coefficient (Wildman–Crippen LogP) is 3.82. The van der Waals surface area contributed by atoms with Gasteiger partial charge in [-0.05, 0) is 36.5 Å². The number of nitrogens with one attached hydrogen (secondary N) is 1. The highest BCUT2D eigenvalue weighted by Crippen LogP contribution is 2.40. The first-order chi connectivity index (χ1) is 11.5. The SMILES string of the molecule is C=C(c1c(Cl)cc(-n2ncc(=O)[nH]c2=O)cc1Cl)C1CCCCC1. The van der Waals surface area contributed by atoms with Crippen LogP contribution in [0.2, 0.25) is 10.0 Å². The lowest BCUT2D eigenvalue weighted by atomic mass is 9.81. The van der Waals surface area contributed by atoms with Crippen LogP contribution in [-0.4, -0.2) is 14.8 Å². The number of rotatable bonds is 3. The molecule has 0 bridgehead atoms. The summed E-state index contributed by atoms with van der Waals surface area (Å²) in [5.41, 5.74) is 0.861. The van der Waals surface area contributed by atoms with Crippen molar-refractivity contribution in [3.8, 4) is 5.69 Å². The summed E-state index contributed by atoms with van der Waals surface area (Å²) >= 11 is 12.8. The maximum atomic E-state index is 11.9. The van der Waals surface area contributed by atoms with Gasteiger partial charge in [-0.15, -0.1) is 0 Å². The summed E-state index contributed by atoms with van der Waals surface area (Å²) in [5, 5.41) is 4.66. The van der Waals surface area contributed by atoms with Gasteiger partial charge in [0.1, 0.15) is 6.20 Å². The molecule has 24 heavy (non-hydrogen) atoms. The topological polar surface area (TPSA) is 67.8 Å². The maximum absolute atomic E-state index is 11.9. The summed E-state index contributed by atoms with van der Waals surface area (Å²) in [4.78, 5) is 25.2. The van der Waals surface area contributed by atoms with Gasteiger partial charge in [0.05, 0.1) is 15.7 Å². The minimum Gasteiger partial charge on any atom is -0.271 e.